The second-order valence-electron chi connectivity index (χ2n) is 6.09. The smallest absolute Gasteiger partial charge is 0.0700 e. The van der Waals surface area contributed by atoms with Gasteiger partial charge in [0.05, 0.1) is 17.1 Å². The van der Waals surface area contributed by atoms with Gasteiger partial charge in [0.25, 0.3) is 0 Å². The Labute approximate surface area is 141 Å². The first-order valence-electron chi connectivity index (χ1n) is 8.14. The van der Waals surface area contributed by atoms with E-state index in [2.05, 4.69) is 70.2 Å². The third kappa shape index (κ3) is 2.13. The van der Waals surface area contributed by atoms with Gasteiger partial charge in [-0.25, -0.2) is 0 Å². The SMILES string of the molecule is Cc1nnc(C)c2c(-c3ccccc3)n(-c3ccccc3)c(C)c12. The van der Waals surface area contributed by atoms with Gasteiger partial charge in [0.1, 0.15) is 0 Å². The first-order valence-corrected chi connectivity index (χ1v) is 8.14. The predicted octanol–water partition coefficient (Wildman–Crippen LogP) is 5.01. The van der Waals surface area contributed by atoms with E-state index in [0.717, 1.165) is 17.1 Å². The monoisotopic (exact) mass is 313 g/mol. The molecule has 0 spiro atoms. The molecular formula is C21H19N3. The minimum Gasteiger partial charge on any atom is -0.313 e. The van der Waals surface area contributed by atoms with Gasteiger partial charge in [-0.3, -0.25) is 0 Å². The molecule has 0 saturated heterocycles. The van der Waals surface area contributed by atoms with Gasteiger partial charge in [0.15, 0.2) is 0 Å². The molecule has 4 rings (SSSR count). The largest absolute Gasteiger partial charge is 0.313 e. The third-order valence-electron chi connectivity index (χ3n) is 4.54. The zero-order chi connectivity index (χ0) is 16.7. The van der Waals surface area contributed by atoms with Crippen LogP contribution in [0.1, 0.15) is 17.1 Å². The molecule has 0 aliphatic carbocycles. The molecule has 0 saturated carbocycles. The summed E-state index contributed by atoms with van der Waals surface area (Å²) in [6.07, 6.45) is 0. The fourth-order valence-corrected chi connectivity index (χ4v) is 3.50. The van der Waals surface area contributed by atoms with E-state index in [4.69, 9.17) is 0 Å². The molecule has 0 N–H and O–H groups in total. The average molecular weight is 313 g/mol. The summed E-state index contributed by atoms with van der Waals surface area (Å²) in [6.45, 7) is 6.23. The van der Waals surface area contributed by atoms with Crippen molar-refractivity contribution < 1.29 is 0 Å². The zero-order valence-corrected chi connectivity index (χ0v) is 14.1. The van der Waals surface area contributed by atoms with Crippen LogP contribution in [-0.4, -0.2) is 14.8 Å². The standard InChI is InChI=1S/C21H19N3/c1-14-19-16(3)24(18-12-8-5-9-13-18)21(17-10-6-4-7-11-17)20(19)15(2)23-22-14/h4-13H,1-3H3. The molecule has 2 aromatic carbocycles. The number of para-hydroxylation sites is 1. The van der Waals surface area contributed by atoms with Gasteiger partial charge in [-0.05, 0) is 38.5 Å². The molecule has 0 bridgehead atoms. The summed E-state index contributed by atoms with van der Waals surface area (Å²) in [6, 6.07) is 21.0. The topological polar surface area (TPSA) is 30.7 Å². The van der Waals surface area contributed by atoms with Gasteiger partial charge in [-0.2, -0.15) is 10.2 Å². The maximum absolute atomic E-state index is 4.38. The van der Waals surface area contributed by atoms with Crippen LogP contribution in [0.25, 0.3) is 27.7 Å². The van der Waals surface area contributed by atoms with E-state index in [0.29, 0.717) is 0 Å². The average Bonchev–Trinajstić information content (AvgIpc) is 2.94. The molecule has 3 nitrogen and oxygen atoms in total. The molecule has 3 heteroatoms. The number of hydrogen-bond donors (Lipinski definition) is 0. The van der Waals surface area contributed by atoms with E-state index in [-0.39, 0.29) is 0 Å². The summed E-state index contributed by atoms with van der Waals surface area (Å²) < 4.78 is 2.32. The third-order valence-corrected chi connectivity index (χ3v) is 4.54. The summed E-state index contributed by atoms with van der Waals surface area (Å²) in [5, 5.41) is 11.1. The highest BCUT2D eigenvalue weighted by Crippen LogP contribution is 2.38. The molecule has 0 atom stereocenters. The molecule has 118 valence electrons. The van der Waals surface area contributed by atoms with Crippen LogP contribution in [0.4, 0.5) is 0 Å². The lowest BCUT2D eigenvalue weighted by Crippen LogP contribution is -1.99. The number of rotatable bonds is 2. The van der Waals surface area contributed by atoms with Crippen molar-refractivity contribution in [2.24, 2.45) is 0 Å². The second-order valence-corrected chi connectivity index (χ2v) is 6.09. The van der Waals surface area contributed by atoms with Crippen LogP contribution in [0.15, 0.2) is 60.7 Å². The summed E-state index contributed by atoms with van der Waals surface area (Å²) in [5.41, 5.74) is 6.67. The normalized spacial score (nSPS) is 11.1. The Morgan fingerprint density at radius 1 is 0.667 bits per heavy atom. The van der Waals surface area contributed by atoms with E-state index in [1.54, 1.807) is 0 Å². The molecule has 0 amide bonds. The van der Waals surface area contributed by atoms with Gasteiger partial charge in [-0.1, -0.05) is 48.5 Å². The fraction of sp³-hybridized carbons (Fsp3) is 0.143. The van der Waals surface area contributed by atoms with Crippen LogP contribution in [0, 0.1) is 20.8 Å². The van der Waals surface area contributed by atoms with Crippen molar-refractivity contribution >= 4 is 10.8 Å². The molecular weight excluding hydrogens is 294 g/mol. The lowest BCUT2D eigenvalue weighted by atomic mass is 10.1. The molecule has 24 heavy (non-hydrogen) atoms. The maximum atomic E-state index is 4.38. The number of hydrogen-bond acceptors (Lipinski definition) is 2. The van der Waals surface area contributed by atoms with Crippen LogP contribution in [-0.2, 0) is 0 Å². The highest BCUT2D eigenvalue weighted by atomic mass is 15.1. The fourth-order valence-electron chi connectivity index (χ4n) is 3.50. The van der Waals surface area contributed by atoms with Crippen molar-refractivity contribution in [2.75, 3.05) is 0 Å². The number of aryl methyl sites for hydroxylation is 3. The molecule has 0 unspecified atom stereocenters. The molecule has 0 radical (unpaired) electrons. The minimum absolute atomic E-state index is 0.965. The maximum Gasteiger partial charge on any atom is 0.0700 e. The van der Waals surface area contributed by atoms with E-state index in [1.165, 1.54) is 27.7 Å². The summed E-state index contributed by atoms with van der Waals surface area (Å²) in [4.78, 5) is 0. The van der Waals surface area contributed by atoms with Crippen LogP contribution < -0.4 is 0 Å². The summed E-state index contributed by atoms with van der Waals surface area (Å²) in [7, 11) is 0. The summed E-state index contributed by atoms with van der Waals surface area (Å²) in [5.74, 6) is 0. The molecule has 2 heterocycles. The second kappa shape index (κ2) is 5.60. The molecule has 0 fully saturated rings. The summed E-state index contributed by atoms with van der Waals surface area (Å²) >= 11 is 0. The van der Waals surface area contributed by atoms with E-state index in [9.17, 15) is 0 Å². The molecule has 0 aliphatic rings. The quantitative estimate of drug-likeness (QED) is 0.520. The van der Waals surface area contributed by atoms with E-state index < -0.39 is 0 Å². The molecule has 4 aromatic rings. The van der Waals surface area contributed by atoms with Gasteiger partial charge >= 0.3 is 0 Å². The van der Waals surface area contributed by atoms with Crippen molar-refractivity contribution in [1.82, 2.24) is 14.8 Å². The first-order chi connectivity index (χ1) is 11.7. The predicted molar refractivity (Wildman–Crippen MR) is 98.5 cm³/mol. The van der Waals surface area contributed by atoms with Crippen LogP contribution in [0.5, 0.6) is 0 Å². The molecule has 0 aliphatic heterocycles. The van der Waals surface area contributed by atoms with Crippen LogP contribution in [0.3, 0.4) is 0 Å². The van der Waals surface area contributed by atoms with Crippen molar-refractivity contribution in [3.63, 3.8) is 0 Å². The first kappa shape index (κ1) is 14.6. The Balaban J connectivity index is 2.21. The van der Waals surface area contributed by atoms with Crippen molar-refractivity contribution in [2.45, 2.75) is 20.8 Å². The highest BCUT2D eigenvalue weighted by Gasteiger charge is 2.21. The van der Waals surface area contributed by atoms with Crippen LogP contribution >= 0.6 is 0 Å². The van der Waals surface area contributed by atoms with Crippen molar-refractivity contribution in [3.05, 3.63) is 77.7 Å². The van der Waals surface area contributed by atoms with E-state index in [1.807, 2.05) is 26.0 Å². The number of benzene rings is 2. The molecule has 2 aromatic heterocycles. The van der Waals surface area contributed by atoms with Gasteiger partial charge in [0, 0.05) is 22.2 Å². The van der Waals surface area contributed by atoms with Gasteiger partial charge < -0.3 is 4.57 Å². The van der Waals surface area contributed by atoms with Crippen LogP contribution in [0.2, 0.25) is 0 Å². The van der Waals surface area contributed by atoms with E-state index >= 15 is 0 Å². The Kier molecular flexibility index (Phi) is 3.42. The number of fused-ring (bicyclic) bond motifs is 1. The Hall–Kier alpha value is -2.94. The highest BCUT2D eigenvalue weighted by molar-refractivity contribution is 6.01. The lowest BCUT2D eigenvalue weighted by Gasteiger charge is -2.12. The van der Waals surface area contributed by atoms with Gasteiger partial charge in [-0.15, -0.1) is 0 Å². The number of nitrogens with zero attached hydrogens (tertiary/aromatic N) is 3. The Morgan fingerprint density at radius 2 is 1.21 bits per heavy atom. The zero-order valence-electron chi connectivity index (χ0n) is 14.1. The Morgan fingerprint density at radius 3 is 1.83 bits per heavy atom. The lowest BCUT2D eigenvalue weighted by molar-refractivity contribution is 0.964. The minimum atomic E-state index is 0.965. The van der Waals surface area contributed by atoms with Crippen molar-refractivity contribution in [3.8, 4) is 16.9 Å². The van der Waals surface area contributed by atoms with Gasteiger partial charge in [0.2, 0.25) is 0 Å². The Bertz CT molecular complexity index is 1020. The number of aromatic nitrogens is 3. The van der Waals surface area contributed by atoms with Crippen molar-refractivity contribution in [1.29, 1.82) is 0 Å².